The molecule has 0 amide bonds. The zero-order valence-corrected chi connectivity index (χ0v) is 20.0. The Morgan fingerprint density at radius 2 is 2.09 bits per heavy atom. The van der Waals surface area contributed by atoms with Crippen molar-refractivity contribution in [3.8, 4) is 5.82 Å². The summed E-state index contributed by atoms with van der Waals surface area (Å²) in [6.45, 7) is 4.66. The molecule has 0 bridgehead atoms. The van der Waals surface area contributed by atoms with Crippen LogP contribution in [0.1, 0.15) is 35.0 Å². The van der Waals surface area contributed by atoms with Crippen LogP contribution in [0.2, 0.25) is 0 Å². The molecule has 10 nitrogen and oxygen atoms in total. The van der Waals surface area contributed by atoms with E-state index in [0.29, 0.717) is 36.8 Å². The fourth-order valence-corrected chi connectivity index (χ4v) is 4.74. The second-order valence-electron chi connectivity index (χ2n) is 9.14. The molecule has 3 N–H and O–H groups in total. The molecule has 1 aromatic carbocycles. The third-order valence-electron chi connectivity index (χ3n) is 6.59. The van der Waals surface area contributed by atoms with Crippen LogP contribution in [0, 0.1) is 6.92 Å². The van der Waals surface area contributed by atoms with Gasteiger partial charge in [0.1, 0.15) is 0 Å². The van der Waals surface area contributed by atoms with Crippen LogP contribution in [0.25, 0.3) is 16.7 Å². The van der Waals surface area contributed by atoms with E-state index in [9.17, 15) is 15.0 Å². The van der Waals surface area contributed by atoms with Gasteiger partial charge in [0.25, 0.3) is 0 Å². The molecule has 10 heteroatoms. The number of Topliss-reactive ketones (excluding diaryl/α,β-unsaturated/α-hetero) is 1. The SMILES string of the molecule is CC(=O)c1cn(C)c2ccc(Nc3nccc(-n4cc(CN5C[C@H](O)C[C@H]5CO)c(C)n4)n3)cc12. The molecule has 3 aromatic heterocycles. The third kappa shape index (κ3) is 4.55. The lowest BCUT2D eigenvalue weighted by molar-refractivity contribution is 0.101. The molecular formula is C25H29N7O3. The number of hydrogen-bond acceptors (Lipinski definition) is 8. The summed E-state index contributed by atoms with van der Waals surface area (Å²) in [5.41, 5.74) is 4.31. The minimum atomic E-state index is -0.417. The average molecular weight is 476 g/mol. The van der Waals surface area contributed by atoms with Gasteiger partial charge in [0.15, 0.2) is 11.6 Å². The van der Waals surface area contributed by atoms with Gasteiger partial charge < -0.3 is 20.1 Å². The zero-order valence-electron chi connectivity index (χ0n) is 20.0. The molecule has 0 radical (unpaired) electrons. The number of aryl methyl sites for hydroxylation is 2. The summed E-state index contributed by atoms with van der Waals surface area (Å²) in [6.07, 6.45) is 5.60. The van der Waals surface area contributed by atoms with Crippen molar-refractivity contribution in [3.63, 3.8) is 0 Å². The minimum Gasteiger partial charge on any atom is -0.395 e. The molecule has 4 heterocycles. The summed E-state index contributed by atoms with van der Waals surface area (Å²) in [4.78, 5) is 23.1. The number of ketones is 1. The third-order valence-corrected chi connectivity index (χ3v) is 6.59. The van der Waals surface area contributed by atoms with Gasteiger partial charge in [0, 0.05) is 78.6 Å². The molecular weight excluding hydrogens is 446 g/mol. The normalized spacial score (nSPS) is 18.4. The Morgan fingerprint density at radius 1 is 1.26 bits per heavy atom. The first-order valence-corrected chi connectivity index (χ1v) is 11.6. The van der Waals surface area contributed by atoms with Gasteiger partial charge in [0.2, 0.25) is 5.95 Å². The van der Waals surface area contributed by atoms with Gasteiger partial charge in [-0.05, 0) is 38.5 Å². The standard InChI is InChI=1S/C25H29N7O3/c1-15-17(10-31-12-20(35)9-19(31)14-33)11-32(29-15)24-6-7-26-25(28-24)27-18-4-5-23-21(8-18)22(16(2)34)13-30(23)3/h4-8,11,13,19-20,33,35H,9-10,12,14H2,1-3H3,(H,26,27,28)/t19-,20+/m0/s1. The van der Waals surface area contributed by atoms with Crippen molar-refractivity contribution in [2.24, 2.45) is 7.05 Å². The molecule has 182 valence electrons. The van der Waals surface area contributed by atoms with Crippen LogP contribution in [0.3, 0.4) is 0 Å². The van der Waals surface area contributed by atoms with Crippen LogP contribution in [0.4, 0.5) is 11.6 Å². The van der Waals surface area contributed by atoms with Crippen LogP contribution in [0.15, 0.2) is 42.9 Å². The molecule has 1 aliphatic rings. The van der Waals surface area contributed by atoms with Crippen molar-refractivity contribution >= 4 is 28.3 Å². The molecule has 4 aromatic rings. The van der Waals surface area contributed by atoms with Crippen LogP contribution >= 0.6 is 0 Å². The lowest BCUT2D eigenvalue weighted by Gasteiger charge is -2.21. The maximum atomic E-state index is 12.0. The van der Waals surface area contributed by atoms with Crippen LogP contribution in [-0.4, -0.2) is 70.5 Å². The molecule has 0 spiro atoms. The van der Waals surface area contributed by atoms with Gasteiger partial charge in [-0.25, -0.2) is 9.67 Å². The largest absolute Gasteiger partial charge is 0.395 e. The highest BCUT2D eigenvalue weighted by Gasteiger charge is 2.30. The number of benzene rings is 1. The van der Waals surface area contributed by atoms with Gasteiger partial charge in [0.05, 0.1) is 18.4 Å². The summed E-state index contributed by atoms with van der Waals surface area (Å²) < 4.78 is 3.66. The van der Waals surface area contributed by atoms with E-state index in [-0.39, 0.29) is 18.4 Å². The first kappa shape index (κ1) is 23.2. The Balaban J connectivity index is 1.38. The summed E-state index contributed by atoms with van der Waals surface area (Å²) in [7, 11) is 1.92. The Hall–Kier alpha value is -3.60. The molecule has 1 saturated heterocycles. The summed E-state index contributed by atoms with van der Waals surface area (Å²) >= 11 is 0. The highest BCUT2D eigenvalue weighted by atomic mass is 16.3. The number of anilines is 2. The average Bonchev–Trinajstić information content (AvgIpc) is 3.49. The van der Waals surface area contributed by atoms with Gasteiger partial charge in [-0.2, -0.15) is 10.1 Å². The Kier molecular flexibility index (Phi) is 6.10. The number of β-amino-alcohol motifs (C(OH)–C–C–N with tert-alkyl or cyclic N) is 1. The van der Waals surface area contributed by atoms with Gasteiger partial charge in [-0.15, -0.1) is 0 Å². The Labute approximate surface area is 202 Å². The lowest BCUT2D eigenvalue weighted by Crippen LogP contribution is -2.32. The number of carbonyl (C=O) groups is 1. The van der Waals surface area contributed by atoms with E-state index in [0.717, 1.165) is 27.8 Å². The number of aromatic nitrogens is 5. The molecule has 1 aliphatic heterocycles. The summed E-state index contributed by atoms with van der Waals surface area (Å²) in [5.74, 6) is 1.05. The fraction of sp³-hybridized carbons (Fsp3) is 0.360. The van der Waals surface area contributed by atoms with Crippen molar-refractivity contribution in [2.45, 2.75) is 39.0 Å². The van der Waals surface area contributed by atoms with Crippen molar-refractivity contribution in [1.82, 2.24) is 29.2 Å². The van der Waals surface area contributed by atoms with Crippen molar-refractivity contribution in [3.05, 3.63) is 59.7 Å². The van der Waals surface area contributed by atoms with E-state index in [2.05, 4.69) is 25.3 Å². The molecule has 35 heavy (non-hydrogen) atoms. The number of likely N-dealkylation sites (tertiary alicyclic amines) is 1. The molecule has 2 atom stereocenters. The Bertz CT molecular complexity index is 1390. The second-order valence-corrected chi connectivity index (χ2v) is 9.14. The topological polar surface area (TPSA) is 121 Å². The lowest BCUT2D eigenvalue weighted by atomic mass is 10.1. The quantitative estimate of drug-likeness (QED) is 0.348. The highest BCUT2D eigenvalue weighted by Crippen LogP contribution is 2.26. The number of nitrogens with one attached hydrogen (secondary N) is 1. The van der Waals surface area contributed by atoms with E-state index in [1.165, 1.54) is 0 Å². The van der Waals surface area contributed by atoms with E-state index < -0.39 is 6.10 Å². The van der Waals surface area contributed by atoms with Gasteiger partial charge in [-0.1, -0.05) is 0 Å². The van der Waals surface area contributed by atoms with Crippen LogP contribution in [-0.2, 0) is 13.6 Å². The first-order chi connectivity index (χ1) is 16.8. The number of aliphatic hydroxyl groups is 2. The van der Waals surface area contributed by atoms with E-state index in [4.69, 9.17) is 0 Å². The summed E-state index contributed by atoms with van der Waals surface area (Å²) in [6, 6.07) is 7.56. The number of fused-ring (bicyclic) bond motifs is 1. The van der Waals surface area contributed by atoms with Crippen molar-refractivity contribution in [2.75, 3.05) is 18.5 Å². The van der Waals surface area contributed by atoms with E-state index in [1.807, 2.05) is 49.1 Å². The van der Waals surface area contributed by atoms with Crippen molar-refractivity contribution < 1.29 is 15.0 Å². The number of aliphatic hydroxyl groups excluding tert-OH is 2. The van der Waals surface area contributed by atoms with Gasteiger partial charge >= 0.3 is 0 Å². The predicted octanol–water partition coefficient (Wildman–Crippen LogP) is 2.34. The predicted molar refractivity (Wildman–Crippen MR) is 132 cm³/mol. The first-order valence-electron chi connectivity index (χ1n) is 11.6. The molecule has 0 unspecified atom stereocenters. The monoisotopic (exact) mass is 475 g/mol. The smallest absolute Gasteiger partial charge is 0.229 e. The van der Waals surface area contributed by atoms with Crippen molar-refractivity contribution in [1.29, 1.82) is 0 Å². The second kappa shape index (κ2) is 9.21. The highest BCUT2D eigenvalue weighted by molar-refractivity contribution is 6.07. The maximum absolute atomic E-state index is 12.0. The van der Waals surface area contributed by atoms with Crippen LogP contribution < -0.4 is 5.32 Å². The number of hydrogen-bond donors (Lipinski definition) is 3. The number of carbonyl (C=O) groups excluding carboxylic acids is 1. The van der Waals surface area contributed by atoms with Crippen LogP contribution in [0.5, 0.6) is 0 Å². The molecule has 0 aliphatic carbocycles. The van der Waals surface area contributed by atoms with E-state index >= 15 is 0 Å². The maximum Gasteiger partial charge on any atom is 0.229 e. The molecule has 0 saturated carbocycles. The fourth-order valence-electron chi connectivity index (χ4n) is 4.74. The Morgan fingerprint density at radius 3 is 2.86 bits per heavy atom. The molecule has 1 fully saturated rings. The number of nitrogens with zero attached hydrogens (tertiary/aromatic N) is 6. The van der Waals surface area contributed by atoms with Gasteiger partial charge in [-0.3, -0.25) is 9.69 Å². The van der Waals surface area contributed by atoms with E-state index in [1.54, 1.807) is 23.9 Å². The number of rotatable bonds is 7. The molecule has 5 rings (SSSR count). The minimum absolute atomic E-state index is 0.0182. The zero-order chi connectivity index (χ0) is 24.7. The summed E-state index contributed by atoms with van der Waals surface area (Å²) in [5, 5.41) is 28.3.